The standard InChI is InChI=1S/C58H34N4O2S2/c1-57(2)47-21-31(51-19-15-35(65-51)23-45-53(33(27-59)28-60)39-9-5-7-11-41(39)55(45)63)13-17-37(47)43-26-50-44(25-49(43)57)38-18-14-32(22-48(38)58(50,3)4)52-20-16-36(66-52)24-46-54(34(29-61)30-62)40-10-6-8-12-42(40)56(46)64/h5-26H,1-4H3/b45-23-,46-24-. The van der Waals surface area contributed by atoms with Gasteiger partial charge in [-0.05, 0) is 127 Å². The Bertz CT molecular complexity index is 3460. The van der Waals surface area contributed by atoms with Crippen molar-refractivity contribution < 1.29 is 9.59 Å². The number of hydrogen-bond acceptors (Lipinski definition) is 8. The molecule has 310 valence electrons. The highest BCUT2D eigenvalue weighted by molar-refractivity contribution is 7.16. The molecule has 0 fully saturated rings. The molecule has 0 atom stereocenters. The van der Waals surface area contributed by atoms with E-state index in [0.717, 1.165) is 30.6 Å². The molecular formula is C58H34N4O2S2. The molecule has 7 aromatic rings. The Balaban J connectivity index is 0.903. The molecule has 0 unspecified atom stereocenters. The molecule has 0 amide bonds. The van der Waals surface area contributed by atoms with Crippen LogP contribution in [0.3, 0.4) is 0 Å². The SMILES string of the molecule is CC1(C)c2cc(-c3ccc(/C=C4\C(=O)c5ccccc5C4=C(C#N)C#N)s3)ccc2-c2cc3c(cc21)-c1ccc(-c2ccc(/C=C4\C(=O)c5ccccc5C4=C(C#N)C#N)s2)cc1C3(C)C. The van der Waals surface area contributed by atoms with E-state index >= 15 is 0 Å². The van der Waals surface area contributed by atoms with Crippen molar-refractivity contribution >= 4 is 57.5 Å². The van der Waals surface area contributed by atoms with Crippen LogP contribution in [0.5, 0.6) is 0 Å². The lowest BCUT2D eigenvalue weighted by Gasteiger charge is -2.24. The molecule has 0 aliphatic heterocycles. The van der Waals surface area contributed by atoms with Crippen molar-refractivity contribution in [3.63, 3.8) is 0 Å². The molecule has 4 aliphatic carbocycles. The molecule has 0 saturated carbocycles. The van der Waals surface area contributed by atoms with E-state index in [1.807, 2.05) is 60.7 Å². The van der Waals surface area contributed by atoms with Crippen molar-refractivity contribution in [1.82, 2.24) is 0 Å². The van der Waals surface area contributed by atoms with Gasteiger partial charge in [0.1, 0.15) is 35.4 Å². The number of nitrogens with zero attached hydrogens (tertiary/aromatic N) is 4. The smallest absolute Gasteiger partial charge is 0.194 e. The summed E-state index contributed by atoms with van der Waals surface area (Å²) in [6, 6.07) is 48.6. The molecule has 5 aromatic carbocycles. The molecular weight excluding hydrogens is 849 g/mol. The number of Topliss-reactive ketones (excluding diaryl/α,β-unsaturated/α-hetero) is 2. The Morgan fingerprint density at radius 2 is 0.803 bits per heavy atom. The largest absolute Gasteiger partial charge is 0.289 e. The van der Waals surface area contributed by atoms with E-state index in [9.17, 15) is 30.6 Å². The number of carbonyl (C=O) groups excluding carboxylic acids is 2. The van der Waals surface area contributed by atoms with Crippen molar-refractivity contribution in [2.24, 2.45) is 0 Å². The molecule has 2 aromatic heterocycles. The van der Waals surface area contributed by atoms with Crippen LogP contribution in [0.2, 0.25) is 0 Å². The minimum atomic E-state index is -0.280. The minimum Gasteiger partial charge on any atom is -0.289 e. The van der Waals surface area contributed by atoms with E-state index in [2.05, 4.69) is 88.4 Å². The second-order valence-electron chi connectivity index (χ2n) is 17.9. The number of hydrogen-bond donors (Lipinski definition) is 0. The predicted molar refractivity (Wildman–Crippen MR) is 262 cm³/mol. The Labute approximate surface area is 389 Å². The zero-order valence-electron chi connectivity index (χ0n) is 36.1. The Kier molecular flexibility index (Phi) is 9.00. The van der Waals surface area contributed by atoms with Crippen LogP contribution < -0.4 is 0 Å². The Hall–Kier alpha value is -8.24. The summed E-state index contributed by atoms with van der Waals surface area (Å²) in [5.74, 6) is -0.375. The van der Waals surface area contributed by atoms with Crippen LogP contribution in [0.1, 0.15) is 91.5 Å². The summed E-state index contributed by atoms with van der Waals surface area (Å²) in [6.45, 7) is 9.18. The quantitative estimate of drug-likeness (QED) is 0.128. The highest BCUT2D eigenvalue weighted by Gasteiger charge is 2.42. The van der Waals surface area contributed by atoms with Crippen molar-refractivity contribution in [3.8, 4) is 67.4 Å². The van der Waals surface area contributed by atoms with Gasteiger partial charge < -0.3 is 0 Å². The highest BCUT2D eigenvalue weighted by atomic mass is 32.1. The van der Waals surface area contributed by atoms with E-state index < -0.39 is 0 Å². The topological polar surface area (TPSA) is 129 Å². The molecule has 0 N–H and O–H groups in total. The summed E-state index contributed by atoms with van der Waals surface area (Å²) in [7, 11) is 0. The van der Waals surface area contributed by atoms with Gasteiger partial charge in [0.05, 0.1) is 0 Å². The fraction of sp³-hybridized carbons (Fsp3) is 0.103. The third-order valence-electron chi connectivity index (χ3n) is 13.7. The number of carbonyl (C=O) groups is 2. The van der Waals surface area contributed by atoms with Crippen LogP contribution in [0.4, 0.5) is 0 Å². The van der Waals surface area contributed by atoms with Crippen molar-refractivity contribution in [3.05, 3.63) is 198 Å². The number of thiophene rings is 2. The highest BCUT2D eigenvalue weighted by Crippen LogP contribution is 2.57. The Morgan fingerprint density at radius 1 is 0.439 bits per heavy atom. The molecule has 0 bridgehead atoms. The van der Waals surface area contributed by atoms with Gasteiger partial charge in [-0.2, -0.15) is 21.0 Å². The van der Waals surface area contributed by atoms with Crippen molar-refractivity contribution in [2.45, 2.75) is 38.5 Å². The fourth-order valence-electron chi connectivity index (χ4n) is 10.4. The lowest BCUT2D eigenvalue weighted by molar-refractivity contribution is 0.103. The van der Waals surface area contributed by atoms with Crippen LogP contribution >= 0.6 is 22.7 Å². The summed E-state index contributed by atoms with van der Waals surface area (Å²) in [4.78, 5) is 31.0. The van der Waals surface area contributed by atoms with Gasteiger partial charge in [-0.1, -0.05) is 100 Å². The lowest BCUT2D eigenvalue weighted by atomic mass is 9.79. The minimum absolute atomic E-state index is 0.0731. The number of fused-ring (bicyclic) bond motifs is 8. The molecule has 4 aliphatic rings. The monoisotopic (exact) mass is 882 g/mol. The summed E-state index contributed by atoms with van der Waals surface area (Å²) in [6.07, 6.45) is 3.62. The number of rotatable bonds is 4. The first-order valence-corrected chi connectivity index (χ1v) is 23.0. The van der Waals surface area contributed by atoms with E-state index in [4.69, 9.17) is 0 Å². The number of nitriles is 4. The predicted octanol–water partition coefficient (Wildman–Crippen LogP) is 13.9. The van der Waals surface area contributed by atoms with E-state index in [1.165, 1.54) is 44.5 Å². The molecule has 0 spiro atoms. The molecule has 6 nitrogen and oxygen atoms in total. The van der Waals surface area contributed by atoms with Crippen LogP contribution in [-0.2, 0) is 10.8 Å². The number of ketones is 2. The van der Waals surface area contributed by atoms with E-state index in [0.29, 0.717) is 44.5 Å². The molecule has 2 heterocycles. The van der Waals surface area contributed by atoms with Gasteiger partial charge in [0.25, 0.3) is 0 Å². The summed E-state index contributed by atoms with van der Waals surface area (Å²) >= 11 is 3.15. The van der Waals surface area contributed by atoms with Crippen LogP contribution in [0.15, 0.2) is 144 Å². The van der Waals surface area contributed by atoms with E-state index in [-0.39, 0.29) is 33.5 Å². The van der Waals surface area contributed by atoms with Gasteiger partial charge in [-0.3, -0.25) is 9.59 Å². The normalized spacial score (nSPS) is 16.4. The van der Waals surface area contributed by atoms with Gasteiger partial charge in [-0.25, -0.2) is 0 Å². The third kappa shape index (κ3) is 5.80. The second-order valence-corrected chi connectivity index (χ2v) is 20.2. The maximum atomic E-state index is 13.6. The van der Waals surface area contributed by atoms with Gasteiger partial charge in [-0.15, -0.1) is 22.7 Å². The van der Waals surface area contributed by atoms with Gasteiger partial charge in [0.15, 0.2) is 11.6 Å². The van der Waals surface area contributed by atoms with Crippen LogP contribution in [-0.4, -0.2) is 11.6 Å². The van der Waals surface area contributed by atoms with Crippen LogP contribution in [0, 0.1) is 45.3 Å². The second kappa shape index (κ2) is 14.6. The molecule has 8 heteroatoms. The average molecular weight is 883 g/mol. The van der Waals surface area contributed by atoms with Crippen molar-refractivity contribution in [1.29, 1.82) is 21.0 Å². The first-order chi connectivity index (χ1) is 31.9. The molecule has 66 heavy (non-hydrogen) atoms. The fourth-order valence-corrected chi connectivity index (χ4v) is 12.3. The first kappa shape index (κ1) is 40.5. The van der Waals surface area contributed by atoms with Gasteiger partial charge >= 0.3 is 0 Å². The summed E-state index contributed by atoms with van der Waals surface area (Å²) in [5.41, 5.74) is 15.2. The lowest BCUT2D eigenvalue weighted by Crippen LogP contribution is -2.17. The Morgan fingerprint density at radius 3 is 1.18 bits per heavy atom. The summed E-state index contributed by atoms with van der Waals surface area (Å²) < 4.78 is 0. The van der Waals surface area contributed by atoms with Gasteiger partial charge in [0, 0.05) is 63.8 Å². The summed E-state index contributed by atoms with van der Waals surface area (Å²) in [5, 5.41) is 39.1. The zero-order chi connectivity index (χ0) is 45.8. The molecule has 11 rings (SSSR count). The maximum absolute atomic E-state index is 13.6. The molecule has 0 radical (unpaired) electrons. The van der Waals surface area contributed by atoms with Crippen LogP contribution in [0.25, 0.3) is 66.4 Å². The van der Waals surface area contributed by atoms with Crippen molar-refractivity contribution in [2.75, 3.05) is 0 Å². The first-order valence-electron chi connectivity index (χ1n) is 21.4. The molecule has 0 saturated heterocycles. The van der Waals surface area contributed by atoms with E-state index in [1.54, 1.807) is 59.1 Å². The third-order valence-corrected chi connectivity index (χ3v) is 15.9. The van der Waals surface area contributed by atoms with Gasteiger partial charge in [0.2, 0.25) is 0 Å². The average Bonchev–Trinajstić information content (AvgIpc) is 4.18. The number of benzene rings is 5. The maximum Gasteiger partial charge on any atom is 0.194 e. The zero-order valence-corrected chi connectivity index (χ0v) is 37.8. The number of allylic oxidation sites excluding steroid dienone is 6.